The molecule has 2 N–H and O–H groups in total. The van der Waals surface area contributed by atoms with Crippen LogP contribution in [0.5, 0.6) is 0 Å². The highest BCUT2D eigenvalue weighted by Gasteiger charge is 2.20. The molecule has 0 aliphatic heterocycles. The molecule has 7 nitrogen and oxygen atoms in total. The molecule has 1 heterocycles. The van der Waals surface area contributed by atoms with Crippen molar-refractivity contribution in [1.29, 1.82) is 0 Å². The summed E-state index contributed by atoms with van der Waals surface area (Å²) in [6, 6.07) is 10.7. The van der Waals surface area contributed by atoms with Gasteiger partial charge in [-0.3, -0.25) is 24.5 Å². The van der Waals surface area contributed by atoms with Crippen molar-refractivity contribution < 1.29 is 19.1 Å². The Labute approximate surface area is 139 Å². The van der Waals surface area contributed by atoms with Gasteiger partial charge < -0.3 is 10.1 Å². The number of hydrogen-bond acceptors (Lipinski definition) is 4. The van der Waals surface area contributed by atoms with E-state index < -0.39 is 18.0 Å². The first-order valence-electron chi connectivity index (χ1n) is 7.41. The Kier molecular flexibility index (Phi) is 5.36. The van der Waals surface area contributed by atoms with Gasteiger partial charge in [0.1, 0.15) is 5.69 Å². The van der Waals surface area contributed by atoms with Crippen molar-refractivity contribution in [3.05, 3.63) is 53.9 Å². The molecule has 2 aromatic rings. The minimum Gasteiger partial charge on any atom is -0.453 e. The van der Waals surface area contributed by atoms with Gasteiger partial charge in [-0.25, -0.2) is 0 Å². The van der Waals surface area contributed by atoms with E-state index in [0.29, 0.717) is 16.9 Å². The molecular formula is C17H19N3O4. The monoisotopic (exact) mass is 329 g/mol. The summed E-state index contributed by atoms with van der Waals surface area (Å²) in [5, 5.41) is 2.76. The van der Waals surface area contributed by atoms with Crippen LogP contribution < -0.4 is 10.7 Å². The van der Waals surface area contributed by atoms with Crippen molar-refractivity contribution in [2.75, 3.05) is 10.7 Å². The fraction of sp³-hybridized carbons (Fsp3) is 0.235. The van der Waals surface area contributed by atoms with Gasteiger partial charge >= 0.3 is 5.97 Å². The van der Waals surface area contributed by atoms with E-state index in [1.54, 1.807) is 31.3 Å². The van der Waals surface area contributed by atoms with Gasteiger partial charge in [0.05, 0.1) is 0 Å². The van der Waals surface area contributed by atoms with Gasteiger partial charge in [0.15, 0.2) is 6.10 Å². The molecular weight excluding hydrogens is 310 g/mol. The van der Waals surface area contributed by atoms with E-state index in [2.05, 4.69) is 10.7 Å². The van der Waals surface area contributed by atoms with Gasteiger partial charge in [0.2, 0.25) is 0 Å². The predicted molar refractivity (Wildman–Crippen MR) is 89.2 cm³/mol. The highest BCUT2D eigenvalue weighted by Crippen LogP contribution is 2.13. The zero-order valence-corrected chi connectivity index (χ0v) is 13.7. The first-order valence-corrected chi connectivity index (χ1v) is 7.41. The van der Waals surface area contributed by atoms with E-state index in [1.807, 2.05) is 18.2 Å². The maximum absolute atomic E-state index is 12.5. The third kappa shape index (κ3) is 4.22. The Morgan fingerprint density at radius 2 is 1.79 bits per heavy atom. The van der Waals surface area contributed by atoms with Crippen LogP contribution in [-0.4, -0.2) is 28.6 Å². The summed E-state index contributed by atoms with van der Waals surface area (Å²) in [5.41, 5.74) is 4.18. The van der Waals surface area contributed by atoms with Crippen molar-refractivity contribution in [2.24, 2.45) is 0 Å². The number of ether oxygens (including phenoxy) is 1. The number of nitrogens with zero attached hydrogens (tertiary/aromatic N) is 1. The van der Waals surface area contributed by atoms with Crippen LogP contribution in [0.2, 0.25) is 0 Å². The third-order valence-electron chi connectivity index (χ3n) is 3.28. The van der Waals surface area contributed by atoms with Crippen molar-refractivity contribution in [2.45, 2.75) is 26.9 Å². The number of nitrogens with one attached hydrogen (secondary N) is 2. The zero-order valence-electron chi connectivity index (χ0n) is 13.7. The average molecular weight is 329 g/mol. The van der Waals surface area contributed by atoms with Gasteiger partial charge in [0, 0.05) is 18.8 Å². The number of hydrogen-bond donors (Lipinski definition) is 2. The number of carbonyl (C=O) groups is 3. The third-order valence-corrected chi connectivity index (χ3v) is 3.28. The number of esters is 1. The molecule has 2 rings (SSSR count). The largest absolute Gasteiger partial charge is 0.453 e. The first-order chi connectivity index (χ1) is 11.4. The van der Waals surface area contributed by atoms with Crippen LogP contribution in [0.1, 0.15) is 29.9 Å². The predicted octanol–water partition coefficient (Wildman–Crippen LogP) is 2.07. The Morgan fingerprint density at radius 3 is 2.42 bits per heavy atom. The van der Waals surface area contributed by atoms with Gasteiger partial charge in [-0.05, 0) is 37.6 Å². The molecule has 24 heavy (non-hydrogen) atoms. The molecule has 0 saturated carbocycles. The number of para-hydroxylation sites is 1. The molecule has 0 fully saturated rings. The highest BCUT2D eigenvalue weighted by atomic mass is 16.5. The molecule has 0 aliphatic carbocycles. The quantitative estimate of drug-likeness (QED) is 0.822. The van der Waals surface area contributed by atoms with Gasteiger partial charge in [-0.1, -0.05) is 18.2 Å². The summed E-state index contributed by atoms with van der Waals surface area (Å²) in [4.78, 5) is 35.4. The van der Waals surface area contributed by atoms with Crippen LogP contribution in [0, 0.1) is 6.92 Å². The summed E-state index contributed by atoms with van der Waals surface area (Å²) in [5.74, 6) is -1.44. The van der Waals surface area contributed by atoms with Gasteiger partial charge in [-0.15, -0.1) is 0 Å². The molecule has 1 aromatic heterocycles. The number of amides is 2. The smallest absolute Gasteiger partial charge is 0.303 e. The second-order valence-corrected chi connectivity index (χ2v) is 5.27. The Bertz CT molecular complexity index is 752. The van der Waals surface area contributed by atoms with E-state index in [-0.39, 0.29) is 5.91 Å². The second-order valence-electron chi connectivity index (χ2n) is 5.27. The van der Waals surface area contributed by atoms with E-state index in [9.17, 15) is 14.4 Å². The number of benzene rings is 1. The van der Waals surface area contributed by atoms with E-state index in [0.717, 1.165) is 0 Å². The average Bonchev–Trinajstić information content (AvgIpc) is 2.88. The van der Waals surface area contributed by atoms with E-state index in [1.165, 1.54) is 18.5 Å². The fourth-order valence-electron chi connectivity index (χ4n) is 2.14. The minimum atomic E-state index is -0.963. The second kappa shape index (κ2) is 7.45. The van der Waals surface area contributed by atoms with Crippen LogP contribution in [0.3, 0.4) is 0 Å². The maximum Gasteiger partial charge on any atom is 0.303 e. The number of rotatable bonds is 5. The summed E-state index contributed by atoms with van der Waals surface area (Å²) in [7, 11) is 0. The van der Waals surface area contributed by atoms with Crippen molar-refractivity contribution in [3.63, 3.8) is 0 Å². The lowest BCUT2D eigenvalue weighted by molar-refractivity contribution is -0.151. The Hall–Kier alpha value is -3.09. The van der Waals surface area contributed by atoms with E-state index >= 15 is 0 Å². The topological polar surface area (TPSA) is 89.4 Å². The molecule has 0 radical (unpaired) electrons. The molecule has 1 aromatic carbocycles. The molecule has 0 unspecified atom stereocenters. The summed E-state index contributed by atoms with van der Waals surface area (Å²) in [6.45, 7) is 4.44. The Balaban J connectivity index is 2.14. The number of aryl methyl sites for hydroxylation is 1. The summed E-state index contributed by atoms with van der Waals surface area (Å²) < 4.78 is 6.14. The van der Waals surface area contributed by atoms with Crippen molar-refractivity contribution in [3.8, 4) is 0 Å². The van der Waals surface area contributed by atoms with Crippen LogP contribution >= 0.6 is 0 Å². The van der Waals surface area contributed by atoms with Crippen LogP contribution in [0.15, 0.2) is 42.6 Å². The number of carbonyl (C=O) groups excluding carboxylic acids is 3. The molecule has 0 bridgehead atoms. The maximum atomic E-state index is 12.5. The SMILES string of the molecule is CC(=O)O[C@@H](C)C(=O)Nn1ccc(C)c1C(=O)Nc1ccccc1. The first kappa shape index (κ1) is 17.3. The number of anilines is 1. The fourth-order valence-corrected chi connectivity index (χ4v) is 2.14. The van der Waals surface area contributed by atoms with Gasteiger partial charge in [-0.2, -0.15) is 0 Å². The summed E-state index contributed by atoms with van der Waals surface area (Å²) >= 11 is 0. The normalized spacial score (nSPS) is 11.5. The lowest BCUT2D eigenvalue weighted by atomic mass is 10.2. The molecule has 0 spiro atoms. The molecule has 1 atom stereocenters. The molecule has 0 saturated heterocycles. The van der Waals surface area contributed by atoms with Crippen LogP contribution in [-0.2, 0) is 14.3 Å². The van der Waals surface area contributed by atoms with Crippen LogP contribution in [0.25, 0.3) is 0 Å². The van der Waals surface area contributed by atoms with Crippen molar-refractivity contribution >= 4 is 23.5 Å². The summed E-state index contributed by atoms with van der Waals surface area (Å²) in [6.07, 6.45) is 0.600. The zero-order chi connectivity index (χ0) is 17.7. The van der Waals surface area contributed by atoms with E-state index in [4.69, 9.17) is 4.74 Å². The molecule has 7 heteroatoms. The minimum absolute atomic E-state index is 0.294. The van der Waals surface area contributed by atoms with Gasteiger partial charge in [0.25, 0.3) is 11.8 Å². The van der Waals surface area contributed by atoms with Crippen molar-refractivity contribution in [1.82, 2.24) is 4.68 Å². The lowest BCUT2D eigenvalue weighted by Crippen LogP contribution is -2.35. The number of aromatic nitrogens is 1. The molecule has 2 amide bonds. The Morgan fingerprint density at radius 1 is 1.12 bits per heavy atom. The lowest BCUT2D eigenvalue weighted by Gasteiger charge is -2.15. The van der Waals surface area contributed by atoms with Crippen LogP contribution in [0.4, 0.5) is 5.69 Å². The molecule has 0 aliphatic rings. The molecule has 126 valence electrons. The highest BCUT2D eigenvalue weighted by molar-refractivity contribution is 6.04. The standard InChI is InChI=1S/C17H19N3O4/c1-11-9-10-20(19-16(22)12(2)24-13(3)21)15(11)17(23)18-14-7-5-4-6-8-14/h4-10,12H,1-3H3,(H,18,23)(H,19,22)/t12-/m0/s1.